The van der Waals surface area contributed by atoms with E-state index in [-0.39, 0.29) is 17.4 Å². The number of nitrogens with zero attached hydrogens (tertiary/aromatic N) is 3. The van der Waals surface area contributed by atoms with Crippen molar-refractivity contribution in [2.75, 3.05) is 19.7 Å². The van der Waals surface area contributed by atoms with Gasteiger partial charge >= 0.3 is 5.97 Å². The average molecular weight is 319 g/mol. The molecule has 0 bridgehead atoms. The van der Waals surface area contributed by atoms with Crippen molar-refractivity contribution in [3.63, 3.8) is 0 Å². The molecule has 0 aromatic carbocycles. The van der Waals surface area contributed by atoms with E-state index in [0.717, 1.165) is 5.56 Å². The molecule has 1 atom stereocenters. The fourth-order valence-corrected chi connectivity index (χ4v) is 2.64. The summed E-state index contributed by atoms with van der Waals surface area (Å²) in [7, 11) is 1.81. The van der Waals surface area contributed by atoms with E-state index in [2.05, 4.69) is 5.10 Å². The van der Waals surface area contributed by atoms with Gasteiger partial charge in [-0.25, -0.2) is 4.79 Å². The van der Waals surface area contributed by atoms with Crippen molar-refractivity contribution in [1.29, 1.82) is 0 Å². The molecule has 2 aromatic rings. The maximum atomic E-state index is 12.5. The predicted octanol–water partition coefficient (Wildman–Crippen LogP) is 1.10. The number of ether oxygens (including phenoxy) is 1. The molecule has 23 heavy (non-hydrogen) atoms. The van der Waals surface area contributed by atoms with Crippen molar-refractivity contribution in [1.82, 2.24) is 14.7 Å². The molecule has 0 radical (unpaired) electrons. The van der Waals surface area contributed by atoms with Crippen LogP contribution in [0.3, 0.4) is 0 Å². The highest BCUT2D eigenvalue weighted by molar-refractivity contribution is 5.93. The Morgan fingerprint density at radius 1 is 1.35 bits per heavy atom. The van der Waals surface area contributed by atoms with Crippen LogP contribution >= 0.6 is 0 Å². The second-order valence-electron chi connectivity index (χ2n) is 5.68. The minimum absolute atomic E-state index is 0.0119. The Labute approximate surface area is 132 Å². The fourth-order valence-electron chi connectivity index (χ4n) is 2.64. The van der Waals surface area contributed by atoms with Gasteiger partial charge in [0.2, 0.25) is 5.76 Å². The molecule has 2 aromatic heterocycles. The summed E-state index contributed by atoms with van der Waals surface area (Å²) in [4.78, 5) is 25.0. The summed E-state index contributed by atoms with van der Waals surface area (Å²) in [5.41, 5.74) is 0.216. The standard InChI is InChI=1S/C15H17N3O5/c1-15(10-7-16-17(2)8-10)9-18(5-6-22-15)13(19)11-3-4-12(23-11)14(20)21/h3-4,7-8H,5-6,9H2,1-2H3,(H,20,21). The number of hydrogen-bond acceptors (Lipinski definition) is 5. The number of aromatic carboxylic acids is 1. The van der Waals surface area contributed by atoms with Crippen LogP contribution in [-0.4, -0.2) is 51.4 Å². The van der Waals surface area contributed by atoms with Crippen LogP contribution in [0.2, 0.25) is 0 Å². The summed E-state index contributed by atoms with van der Waals surface area (Å²) in [6.45, 7) is 3.02. The van der Waals surface area contributed by atoms with Crippen molar-refractivity contribution in [2.24, 2.45) is 7.05 Å². The molecule has 1 saturated heterocycles. The first kappa shape index (κ1) is 15.3. The quantitative estimate of drug-likeness (QED) is 0.909. The third-order valence-corrected chi connectivity index (χ3v) is 3.90. The lowest BCUT2D eigenvalue weighted by atomic mass is 9.97. The lowest BCUT2D eigenvalue weighted by Gasteiger charge is -2.39. The number of carboxylic acid groups (broad SMARTS) is 1. The monoisotopic (exact) mass is 319 g/mol. The molecule has 1 aliphatic rings. The Morgan fingerprint density at radius 3 is 2.70 bits per heavy atom. The summed E-state index contributed by atoms with van der Waals surface area (Å²) in [5, 5.41) is 13.0. The molecule has 1 N–H and O–H groups in total. The van der Waals surface area contributed by atoms with Crippen LogP contribution in [0.25, 0.3) is 0 Å². The minimum Gasteiger partial charge on any atom is -0.475 e. The van der Waals surface area contributed by atoms with Crippen molar-refractivity contribution in [3.8, 4) is 0 Å². The molecule has 1 amide bonds. The normalized spacial score (nSPS) is 21.4. The maximum absolute atomic E-state index is 12.5. The van der Waals surface area contributed by atoms with Gasteiger partial charge in [-0.2, -0.15) is 5.10 Å². The number of morpholine rings is 1. The van der Waals surface area contributed by atoms with E-state index in [1.807, 2.05) is 20.2 Å². The van der Waals surface area contributed by atoms with Crippen LogP contribution in [0, 0.1) is 0 Å². The van der Waals surface area contributed by atoms with Crippen LogP contribution in [0.1, 0.15) is 33.6 Å². The molecule has 3 rings (SSSR count). The summed E-state index contributed by atoms with van der Waals surface area (Å²) in [6.07, 6.45) is 3.56. The summed E-state index contributed by atoms with van der Waals surface area (Å²) >= 11 is 0. The lowest BCUT2D eigenvalue weighted by Crippen LogP contribution is -2.50. The molecule has 8 nitrogen and oxygen atoms in total. The van der Waals surface area contributed by atoms with Gasteiger partial charge in [0.25, 0.3) is 5.91 Å². The third kappa shape index (κ3) is 2.85. The largest absolute Gasteiger partial charge is 0.475 e. The zero-order valence-electron chi connectivity index (χ0n) is 12.9. The number of rotatable bonds is 3. The second-order valence-corrected chi connectivity index (χ2v) is 5.68. The number of carboxylic acids is 1. The Morgan fingerprint density at radius 2 is 2.09 bits per heavy atom. The molecule has 0 spiro atoms. The number of aromatic nitrogens is 2. The lowest BCUT2D eigenvalue weighted by molar-refractivity contribution is -0.0935. The Hall–Kier alpha value is -2.61. The fraction of sp³-hybridized carbons (Fsp3) is 0.400. The molecule has 0 aliphatic carbocycles. The smallest absolute Gasteiger partial charge is 0.371 e. The number of carbonyl (C=O) groups excluding carboxylic acids is 1. The first-order valence-electron chi connectivity index (χ1n) is 7.14. The van der Waals surface area contributed by atoms with Gasteiger partial charge in [0.1, 0.15) is 5.60 Å². The Kier molecular flexibility index (Phi) is 3.69. The highest BCUT2D eigenvalue weighted by Gasteiger charge is 2.37. The molecule has 1 aliphatic heterocycles. The van der Waals surface area contributed by atoms with E-state index in [1.165, 1.54) is 12.1 Å². The van der Waals surface area contributed by atoms with Crippen molar-refractivity contribution < 1.29 is 23.8 Å². The van der Waals surface area contributed by atoms with Gasteiger partial charge in [-0.15, -0.1) is 0 Å². The van der Waals surface area contributed by atoms with E-state index in [4.69, 9.17) is 14.3 Å². The van der Waals surface area contributed by atoms with Crippen molar-refractivity contribution in [3.05, 3.63) is 41.6 Å². The number of hydrogen-bond donors (Lipinski definition) is 1. The predicted molar refractivity (Wildman–Crippen MR) is 78.1 cm³/mol. The summed E-state index contributed by atoms with van der Waals surface area (Å²) in [6, 6.07) is 2.65. The van der Waals surface area contributed by atoms with Gasteiger partial charge < -0.3 is 19.2 Å². The maximum Gasteiger partial charge on any atom is 0.371 e. The Balaban J connectivity index is 1.80. The van der Waals surface area contributed by atoms with Gasteiger partial charge in [-0.1, -0.05) is 0 Å². The van der Waals surface area contributed by atoms with E-state index >= 15 is 0 Å². The minimum atomic E-state index is -1.20. The SMILES string of the molecule is Cn1cc(C2(C)CN(C(=O)c3ccc(C(=O)O)o3)CCO2)cn1. The molecule has 1 fully saturated rings. The summed E-state index contributed by atoms with van der Waals surface area (Å²) < 4.78 is 12.6. The number of carbonyl (C=O) groups is 2. The molecular formula is C15H17N3O5. The van der Waals surface area contributed by atoms with E-state index in [0.29, 0.717) is 19.7 Å². The number of amides is 1. The van der Waals surface area contributed by atoms with Gasteiger partial charge in [0.15, 0.2) is 5.76 Å². The van der Waals surface area contributed by atoms with Gasteiger partial charge in [0.05, 0.1) is 19.3 Å². The molecule has 0 saturated carbocycles. The zero-order valence-corrected chi connectivity index (χ0v) is 12.9. The van der Waals surface area contributed by atoms with Crippen LogP contribution in [0.4, 0.5) is 0 Å². The third-order valence-electron chi connectivity index (χ3n) is 3.90. The van der Waals surface area contributed by atoms with Crippen LogP contribution in [-0.2, 0) is 17.4 Å². The second kappa shape index (κ2) is 5.54. The van der Waals surface area contributed by atoms with E-state index in [1.54, 1.807) is 15.8 Å². The highest BCUT2D eigenvalue weighted by atomic mass is 16.5. The Bertz CT molecular complexity index is 750. The first-order valence-corrected chi connectivity index (χ1v) is 7.14. The molecule has 122 valence electrons. The molecular weight excluding hydrogens is 302 g/mol. The van der Waals surface area contributed by atoms with Crippen LogP contribution in [0.5, 0.6) is 0 Å². The van der Waals surface area contributed by atoms with Gasteiger partial charge in [-0.05, 0) is 19.1 Å². The molecule has 3 heterocycles. The average Bonchev–Trinajstić information content (AvgIpc) is 3.15. The first-order chi connectivity index (χ1) is 10.9. The van der Waals surface area contributed by atoms with Gasteiger partial charge in [0, 0.05) is 25.4 Å². The number of furan rings is 1. The molecule has 1 unspecified atom stereocenters. The van der Waals surface area contributed by atoms with E-state index in [9.17, 15) is 9.59 Å². The van der Waals surface area contributed by atoms with Crippen molar-refractivity contribution in [2.45, 2.75) is 12.5 Å². The molecule has 8 heteroatoms. The van der Waals surface area contributed by atoms with E-state index < -0.39 is 11.6 Å². The van der Waals surface area contributed by atoms with Crippen LogP contribution < -0.4 is 0 Å². The topological polar surface area (TPSA) is 97.8 Å². The van der Waals surface area contributed by atoms with Crippen LogP contribution in [0.15, 0.2) is 28.9 Å². The number of aryl methyl sites for hydroxylation is 1. The highest BCUT2D eigenvalue weighted by Crippen LogP contribution is 2.29. The van der Waals surface area contributed by atoms with Gasteiger partial charge in [-0.3, -0.25) is 9.48 Å². The zero-order chi connectivity index (χ0) is 16.6. The van der Waals surface area contributed by atoms with Crippen molar-refractivity contribution >= 4 is 11.9 Å². The summed E-state index contributed by atoms with van der Waals surface area (Å²) in [5.74, 6) is -1.79.